The Labute approximate surface area is 184 Å². The molecule has 4 rings (SSSR count). The van der Waals surface area contributed by atoms with Gasteiger partial charge < -0.3 is 25.0 Å². The Morgan fingerprint density at radius 1 is 1.13 bits per heavy atom. The maximum Gasteiger partial charge on any atom is 0.246 e. The zero-order valence-electron chi connectivity index (χ0n) is 17.6. The van der Waals surface area contributed by atoms with E-state index in [1.54, 1.807) is 43.8 Å². The second-order valence-corrected chi connectivity index (χ2v) is 8.13. The van der Waals surface area contributed by atoms with E-state index in [2.05, 4.69) is 9.88 Å². The molecule has 1 aliphatic heterocycles. The topological polar surface area (TPSA) is 93.8 Å². The first kappa shape index (κ1) is 20.9. The van der Waals surface area contributed by atoms with Crippen LogP contribution in [0.2, 0.25) is 0 Å². The molecule has 1 fully saturated rings. The minimum absolute atomic E-state index is 0.0195. The van der Waals surface area contributed by atoms with Gasteiger partial charge in [0.15, 0.2) is 11.5 Å². The van der Waals surface area contributed by atoms with Gasteiger partial charge in [0, 0.05) is 48.6 Å². The van der Waals surface area contributed by atoms with E-state index in [4.69, 9.17) is 20.2 Å². The zero-order valence-corrected chi connectivity index (χ0v) is 18.4. The number of nitrogens with zero attached hydrogens (tertiary/aromatic N) is 4. The van der Waals surface area contributed by atoms with E-state index in [9.17, 15) is 4.79 Å². The number of nitrogens with two attached hydrogens (primary N) is 1. The van der Waals surface area contributed by atoms with Gasteiger partial charge in [0.05, 0.1) is 19.7 Å². The highest BCUT2D eigenvalue weighted by Crippen LogP contribution is 2.34. The number of carbonyl (C=O) groups is 1. The standard InChI is InChI=1S/C22H25N5O3S/c1-29-18-13-16-17(14-19(18)30-2)24-22(25-21(16)23)27-9-4-8-26(10-11-27)20(28)7-6-15-5-3-12-31-15/h3,5-7,12-14H,4,8-11H2,1-2H3,(H2,23,24,25). The molecule has 9 heteroatoms. The molecule has 0 atom stereocenters. The van der Waals surface area contributed by atoms with E-state index in [0.29, 0.717) is 53.8 Å². The van der Waals surface area contributed by atoms with E-state index in [0.717, 1.165) is 17.8 Å². The molecule has 3 heterocycles. The first-order valence-electron chi connectivity index (χ1n) is 10.0. The van der Waals surface area contributed by atoms with Crippen molar-refractivity contribution in [3.8, 4) is 11.5 Å². The maximum absolute atomic E-state index is 12.6. The second-order valence-electron chi connectivity index (χ2n) is 7.15. The van der Waals surface area contributed by atoms with Crippen molar-refractivity contribution in [1.82, 2.24) is 14.9 Å². The molecule has 1 aliphatic rings. The maximum atomic E-state index is 12.6. The third-order valence-electron chi connectivity index (χ3n) is 5.24. The third kappa shape index (κ3) is 4.56. The van der Waals surface area contributed by atoms with Gasteiger partial charge in [0.25, 0.3) is 0 Å². The minimum Gasteiger partial charge on any atom is -0.493 e. The monoisotopic (exact) mass is 439 g/mol. The lowest BCUT2D eigenvalue weighted by Gasteiger charge is -2.22. The molecule has 31 heavy (non-hydrogen) atoms. The lowest BCUT2D eigenvalue weighted by atomic mass is 10.2. The number of fused-ring (bicyclic) bond motifs is 1. The highest BCUT2D eigenvalue weighted by molar-refractivity contribution is 7.10. The summed E-state index contributed by atoms with van der Waals surface area (Å²) in [6.07, 6.45) is 4.34. The molecule has 0 aliphatic carbocycles. The highest BCUT2D eigenvalue weighted by atomic mass is 32.1. The number of thiophene rings is 1. The van der Waals surface area contributed by atoms with Crippen LogP contribution in [0, 0.1) is 0 Å². The van der Waals surface area contributed by atoms with Gasteiger partial charge in [-0.2, -0.15) is 4.98 Å². The van der Waals surface area contributed by atoms with Crippen LogP contribution >= 0.6 is 11.3 Å². The highest BCUT2D eigenvalue weighted by Gasteiger charge is 2.21. The summed E-state index contributed by atoms with van der Waals surface area (Å²) in [6, 6.07) is 7.55. The van der Waals surface area contributed by atoms with E-state index in [1.165, 1.54) is 0 Å². The molecule has 0 bridgehead atoms. The lowest BCUT2D eigenvalue weighted by molar-refractivity contribution is -0.125. The Hall–Kier alpha value is -3.33. The summed E-state index contributed by atoms with van der Waals surface area (Å²) in [7, 11) is 3.16. The number of anilines is 2. The van der Waals surface area contributed by atoms with Gasteiger partial charge in [-0.25, -0.2) is 4.98 Å². The average molecular weight is 440 g/mol. The summed E-state index contributed by atoms with van der Waals surface area (Å²) in [4.78, 5) is 26.8. The van der Waals surface area contributed by atoms with Crippen molar-refractivity contribution in [3.63, 3.8) is 0 Å². The predicted octanol–water partition coefficient (Wildman–Crippen LogP) is 3.04. The van der Waals surface area contributed by atoms with Crippen LogP contribution in [0.3, 0.4) is 0 Å². The van der Waals surface area contributed by atoms with Crippen LogP contribution < -0.4 is 20.1 Å². The molecular weight excluding hydrogens is 414 g/mol. The van der Waals surface area contributed by atoms with Crippen LogP contribution in [0.1, 0.15) is 11.3 Å². The van der Waals surface area contributed by atoms with Gasteiger partial charge in [-0.05, 0) is 30.0 Å². The molecule has 2 aromatic heterocycles. The van der Waals surface area contributed by atoms with Crippen LogP contribution in [-0.2, 0) is 4.79 Å². The van der Waals surface area contributed by atoms with Crippen LogP contribution in [0.25, 0.3) is 17.0 Å². The summed E-state index contributed by atoms with van der Waals surface area (Å²) in [5, 5.41) is 2.71. The first-order chi connectivity index (χ1) is 15.1. The number of nitrogen functional groups attached to an aromatic ring is 1. The van der Waals surface area contributed by atoms with Crippen LogP contribution in [0.5, 0.6) is 11.5 Å². The average Bonchev–Trinajstić information content (AvgIpc) is 3.18. The van der Waals surface area contributed by atoms with Crippen molar-refractivity contribution in [2.45, 2.75) is 6.42 Å². The van der Waals surface area contributed by atoms with Crippen LogP contribution in [0.15, 0.2) is 35.7 Å². The van der Waals surface area contributed by atoms with E-state index < -0.39 is 0 Å². The number of ether oxygens (including phenoxy) is 2. The number of hydrogen-bond acceptors (Lipinski definition) is 8. The number of methoxy groups -OCH3 is 2. The van der Waals surface area contributed by atoms with Gasteiger partial charge in [0.2, 0.25) is 11.9 Å². The number of amides is 1. The fourth-order valence-corrected chi connectivity index (χ4v) is 4.21. The molecule has 2 N–H and O–H groups in total. The number of benzene rings is 1. The first-order valence-corrected chi connectivity index (χ1v) is 10.9. The molecule has 8 nitrogen and oxygen atoms in total. The summed E-state index contributed by atoms with van der Waals surface area (Å²) >= 11 is 1.61. The molecular formula is C22H25N5O3S. The Morgan fingerprint density at radius 2 is 1.94 bits per heavy atom. The summed E-state index contributed by atoms with van der Waals surface area (Å²) in [5.74, 6) is 2.13. The molecule has 1 saturated heterocycles. The summed E-state index contributed by atoms with van der Waals surface area (Å²) in [6.45, 7) is 2.67. The van der Waals surface area contributed by atoms with Crippen molar-refractivity contribution in [2.24, 2.45) is 0 Å². The van der Waals surface area contributed by atoms with E-state index in [-0.39, 0.29) is 5.91 Å². The molecule has 1 aromatic carbocycles. The smallest absolute Gasteiger partial charge is 0.246 e. The fourth-order valence-electron chi connectivity index (χ4n) is 3.59. The van der Waals surface area contributed by atoms with Gasteiger partial charge in [-0.3, -0.25) is 4.79 Å². The van der Waals surface area contributed by atoms with Gasteiger partial charge in [-0.1, -0.05) is 6.07 Å². The SMILES string of the molecule is COc1cc2nc(N3CCCN(C(=O)C=Cc4cccs4)CC3)nc(N)c2cc1OC. The van der Waals surface area contributed by atoms with Gasteiger partial charge in [0.1, 0.15) is 5.82 Å². The quantitative estimate of drug-likeness (QED) is 0.611. The lowest BCUT2D eigenvalue weighted by Crippen LogP contribution is -2.34. The van der Waals surface area contributed by atoms with Crippen molar-refractivity contribution in [3.05, 3.63) is 40.6 Å². The Bertz CT molecular complexity index is 1100. The Morgan fingerprint density at radius 3 is 2.68 bits per heavy atom. The number of aromatic nitrogens is 2. The molecule has 3 aromatic rings. The van der Waals surface area contributed by atoms with Gasteiger partial charge >= 0.3 is 0 Å². The fraction of sp³-hybridized carbons (Fsp3) is 0.318. The molecule has 0 unspecified atom stereocenters. The minimum atomic E-state index is 0.0195. The third-order valence-corrected chi connectivity index (χ3v) is 6.08. The van der Waals surface area contributed by atoms with E-state index >= 15 is 0 Å². The van der Waals surface area contributed by atoms with Crippen molar-refractivity contribution >= 4 is 46.0 Å². The van der Waals surface area contributed by atoms with Crippen LogP contribution in [-0.4, -0.2) is 61.2 Å². The van der Waals surface area contributed by atoms with Crippen LogP contribution in [0.4, 0.5) is 11.8 Å². The number of carbonyl (C=O) groups excluding carboxylic acids is 1. The molecule has 162 valence electrons. The predicted molar refractivity (Wildman–Crippen MR) is 124 cm³/mol. The zero-order chi connectivity index (χ0) is 21.8. The largest absolute Gasteiger partial charge is 0.493 e. The van der Waals surface area contributed by atoms with Crippen molar-refractivity contribution in [2.75, 3.05) is 51.0 Å². The Kier molecular flexibility index (Phi) is 6.22. The number of hydrogen-bond donors (Lipinski definition) is 1. The van der Waals surface area contributed by atoms with Gasteiger partial charge in [-0.15, -0.1) is 11.3 Å². The van der Waals surface area contributed by atoms with E-state index in [1.807, 2.05) is 28.5 Å². The second kappa shape index (κ2) is 9.22. The summed E-state index contributed by atoms with van der Waals surface area (Å²) < 4.78 is 10.7. The molecule has 0 spiro atoms. The normalized spacial score (nSPS) is 14.8. The number of rotatable bonds is 5. The molecule has 0 radical (unpaired) electrons. The molecule has 1 amide bonds. The summed E-state index contributed by atoms with van der Waals surface area (Å²) in [5.41, 5.74) is 6.92. The molecule has 0 saturated carbocycles. The van der Waals surface area contributed by atoms with Crippen molar-refractivity contribution in [1.29, 1.82) is 0 Å². The van der Waals surface area contributed by atoms with Crippen molar-refractivity contribution < 1.29 is 14.3 Å². The Balaban J connectivity index is 1.51.